The van der Waals surface area contributed by atoms with E-state index in [1.54, 1.807) is 23.1 Å². The lowest BCUT2D eigenvalue weighted by Gasteiger charge is -2.33. The van der Waals surface area contributed by atoms with Crippen LogP contribution in [0.15, 0.2) is 36.5 Å². The van der Waals surface area contributed by atoms with Crippen molar-refractivity contribution in [2.45, 2.75) is 51.4 Å². The second-order valence-electron chi connectivity index (χ2n) is 13.5. The maximum atomic E-state index is 15.7. The zero-order chi connectivity index (χ0) is 35.2. The van der Waals surface area contributed by atoms with Gasteiger partial charge in [0.05, 0.1) is 42.0 Å². The fourth-order valence-corrected chi connectivity index (χ4v) is 6.89. The van der Waals surface area contributed by atoms with Crippen LogP contribution in [-0.2, 0) is 4.74 Å². The molecule has 4 aliphatic rings. The number of rotatable bonds is 6. The van der Waals surface area contributed by atoms with E-state index >= 15 is 4.39 Å². The standard InChI is InChI=1S/C34H40FN9O6/c1-4-41-19-34(2,3)50-29-27(30(41)45)28(39-31(40-29)44-17-22-7-8-23(18-44)49-22)20-5-9-25(24(35)15-20)38-32(46)37-21-6-10-26(36-16-21)42-11-13-43(14-12-42)33(47)48/h5-6,9-10,15-16,22-23H,4,7-8,11-14,17-19H2,1-3H3,(H,47,48)(H2,37,38,46). The number of carboxylic acid groups (broad SMARTS) is 1. The van der Waals surface area contributed by atoms with Crippen molar-refractivity contribution in [2.24, 2.45) is 0 Å². The highest BCUT2D eigenvalue weighted by molar-refractivity contribution is 6.03. The molecule has 0 saturated carbocycles. The summed E-state index contributed by atoms with van der Waals surface area (Å²) in [6.45, 7) is 9.41. The Kier molecular flexibility index (Phi) is 8.80. The van der Waals surface area contributed by atoms with E-state index in [1.807, 2.05) is 30.6 Å². The Bertz CT molecular complexity index is 1790. The Labute approximate surface area is 288 Å². The van der Waals surface area contributed by atoms with E-state index < -0.39 is 23.5 Å². The zero-order valence-corrected chi connectivity index (χ0v) is 28.2. The van der Waals surface area contributed by atoms with Gasteiger partial charge in [-0.25, -0.2) is 23.9 Å². The van der Waals surface area contributed by atoms with Gasteiger partial charge < -0.3 is 44.8 Å². The number of benzene rings is 1. The average Bonchev–Trinajstić information content (AvgIpc) is 3.39. The van der Waals surface area contributed by atoms with Crippen LogP contribution in [0.1, 0.15) is 44.0 Å². The summed E-state index contributed by atoms with van der Waals surface area (Å²) < 4.78 is 28.1. The fourth-order valence-electron chi connectivity index (χ4n) is 6.89. The summed E-state index contributed by atoms with van der Waals surface area (Å²) in [5.41, 5.74) is 0.328. The van der Waals surface area contributed by atoms with Crippen LogP contribution in [0.25, 0.3) is 11.3 Å². The molecule has 16 heteroatoms. The van der Waals surface area contributed by atoms with Crippen LogP contribution in [0.4, 0.5) is 37.1 Å². The molecule has 1 aromatic carbocycles. The maximum absolute atomic E-state index is 15.7. The summed E-state index contributed by atoms with van der Waals surface area (Å²) in [6.07, 6.45) is 2.58. The predicted molar refractivity (Wildman–Crippen MR) is 183 cm³/mol. The molecule has 3 N–H and O–H groups in total. The Morgan fingerprint density at radius 1 is 1.02 bits per heavy atom. The SMILES string of the molecule is CCN1CC(C)(C)Oc2nc(N3CC4CCC(C3)O4)nc(-c3ccc(NC(=O)Nc4ccc(N5CCN(C(=O)O)CC5)nc4)c(F)c3)c2C1=O. The first kappa shape index (κ1) is 33.3. The van der Waals surface area contributed by atoms with E-state index in [4.69, 9.17) is 24.5 Å². The number of hydrogen-bond donors (Lipinski definition) is 3. The molecule has 3 aromatic rings. The number of likely N-dealkylation sites (N-methyl/N-ethyl adjacent to an activating group) is 1. The van der Waals surface area contributed by atoms with E-state index in [0.717, 1.165) is 12.8 Å². The third-order valence-electron chi connectivity index (χ3n) is 9.39. The van der Waals surface area contributed by atoms with Crippen molar-refractivity contribution >= 4 is 41.2 Å². The summed E-state index contributed by atoms with van der Waals surface area (Å²) in [7, 11) is 0. The highest BCUT2D eigenvalue weighted by Crippen LogP contribution is 2.38. The van der Waals surface area contributed by atoms with Crippen LogP contribution in [0, 0.1) is 5.82 Å². The number of hydrogen-bond acceptors (Lipinski definition) is 10. The molecule has 2 bridgehead atoms. The first-order chi connectivity index (χ1) is 24.0. The van der Waals surface area contributed by atoms with Gasteiger partial charge in [-0.1, -0.05) is 6.07 Å². The van der Waals surface area contributed by atoms with Crippen molar-refractivity contribution < 1.29 is 33.4 Å². The van der Waals surface area contributed by atoms with Crippen molar-refractivity contribution in [3.05, 3.63) is 47.9 Å². The quantitative estimate of drug-likeness (QED) is 0.341. The molecular weight excluding hydrogens is 649 g/mol. The molecule has 2 aromatic heterocycles. The number of carbonyl (C=O) groups is 3. The Hall–Kier alpha value is -5.25. The van der Waals surface area contributed by atoms with Gasteiger partial charge in [0.1, 0.15) is 22.8 Å². The number of ether oxygens (including phenoxy) is 2. The second-order valence-corrected chi connectivity index (χ2v) is 13.5. The van der Waals surface area contributed by atoms with Gasteiger partial charge in [0, 0.05) is 51.4 Å². The highest BCUT2D eigenvalue weighted by atomic mass is 19.1. The fraction of sp³-hybridized carbons (Fsp3) is 0.471. The minimum absolute atomic E-state index is 0.0680. The Morgan fingerprint density at radius 2 is 1.76 bits per heavy atom. The number of carbonyl (C=O) groups excluding carboxylic acids is 2. The van der Waals surface area contributed by atoms with Crippen molar-refractivity contribution in [3.8, 4) is 17.1 Å². The average molecular weight is 690 g/mol. The normalized spacial score (nSPS) is 21.3. The minimum atomic E-state index is -0.945. The molecule has 50 heavy (non-hydrogen) atoms. The molecule has 0 aliphatic carbocycles. The van der Waals surface area contributed by atoms with Crippen molar-refractivity contribution in [1.29, 1.82) is 0 Å². The van der Waals surface area contributed by atoms with Crippen LogP contribution in [-0.4, -0.2) is 118 Å². The van der Waals surface area contributed by atoms with E-state index in [0.29, 0.717) is 75.4 Å². The van der Waals surface area contributed by atoms with E-state index in [-0.39, 0.29) is 40.9 Å². The molecular formula is C34H40FN9O6. The molecule has 15 nitrogen and oxygen atoms in total. The van der Waals surface area contributed by atoms with E-state index in [9.17, 15) is 14.4 Å². The van der Waals surface area contributed by atoms with Gasteiger partial charge in [-0.15, -0.1) is 0 Å². The number of nitrogens with zero attached hydrogens (tertiary/aromatic N) is 7. The van der Waals surface area contributed by atoms with Gasteiger partial charge >= 0.3 is 12.1 Å². The van der Waals surface area contributed by atoms with Crippen LogP contribution < -0.4 is 25.2 Å². The lowest BCUT2D eigenvalue weighted by molar-refractivity contribution is 0.0297. The van der Waals surface area contributed by atoms with Gasteiger partial charge in [0.15, 0.2) is 0 Å². The zero-order valence-electron chi connectivity index (χ0n) is 28.2. The number of piperazine rings is 1. The topological polar surface area (TPSA) is 166 Å². The third-order valence-corrected chi connectivity index (χ3v) is 9.39. The van der Waals surface area contributed by atoms with Gasteiger partial charge in [-0.05, 0) is 57.9 Å². The molecule has 2 unspecified atom stereocenters. The number of anilines is 4. The monoisotopic (exact) mass is 689 g/mol. The molecule has 6 heterocycles. The van der Waals surface area contributed by atoms with Gasteiger partial charge in [0.25, 0.3) is 5.91 Å². The lowest BCUT2D eigenvalue weighted by atomic mass is 10.0. The Balaban J connectivity index is 1.11. The first-order valence-electron chi connectivity index (χ1n) is 16.8. The summed E-state index contributed by atoms with van der Waals surface area (Å²) in [4.78, 5) is 59.0. The van der Waals surface area contributed by atoms with Crippen LogP contribution in [0.2, 0.25) is 0 Å². The third kappa shape index (κ3) is 6.79. The number of amides is 4. The largest absolute Gasteiger partial charge is 0.469 e. The minimum Gasteiger partial charge on any atom is -0.469 e. The Morgan fingerprint density at radius 3 is 2.40 bits per heavy atom. The van der Waals surface area contributed by atoms with Crippen molar-refractivity contribution in [1.82, 2.24) is 24.8 Å². The van der Waals surface area contributed by atoms with Gasteiger partial charge in [0.2, 0.25) is 11.8 Å². The first-order valence-corrected chi connectivity index (χ1v) is 16.8. The molecule has 4 amide bonds. The molecule has 2 atom stereocenters. The van der Waals surface area contributed by atoms with Crippen molar-refractivity contribution in [3.63, 3.8) is 0 Å². The molecule has 0 radical (unpaired) electrons. The molecule has 264 valence electrons. The number of pyridine rings is 1. The lowest BCUT2D eigenvalue weighted by Crippen LogP contribution is -2.48. The van der Waals surface area contributed by atoms with Crippen molar-refractivity contribution in [2.75, 3.05) is 72.8 Å². The number of morpholine rings is 1. The van der Waals surface area contributed by atoms with Crippen LogP contribution >= 0.6 is 0 Å². The summed E-state index contributed by atoms with van der Waals surface area (Å²) in [6, 6.07) is 7.00. The van der Waals surface area contributed by atoms with E-state index in [2.05, 4.69) is 15.6 Å². The number of halogens is 1. The van der Waals surface area contributed by atoms with Crippen LogP contribution in [0.5, 0.6) is 5.88 Å². The number of aromatic nitrogens is 3. The van der Waals surface area contributed by atoms with Crippen LogP contribution in [0.3, 0.4) is 0 Å². The maximum Gasteiger partial charge on any atom is 0.407 e. The molecule has 0 spiro atoms. The predicted octanol–water partition coefficient (Wildman–Crippen LogP) is 4.12. The number of fused-ring (bicyclic) bond motifs is 3. The summed E-state index contributed by atoms with van der Waals surface area (Å²) in [5, 5.41) is 14.4. The van der Waals surface area contributed by atoms with E-state index in [1.165, 1.54) is 23.2 Å². The number of urea groups is 1. The smallest absolute Gasteiger partial charge is 0.407 e. The molecule has 4 aliphatic heterocycles. The molecule has 3 fully saturated rings. The summed E-state index contributed by atoms with van der Waals surface area (Å²) in [5.74, 6) is 0.167. The van der Waals surface area contributed by atoms with Gasteiger partial charge in [-0.3, -0.25) is 4.79 Å². The van der Waals surface area contributed by atoms with Gasteiger partial charge in [-0.2, -0.15) is 4.98 Å². The molecule has 3 saturated heterocycles. The number of nitrogens with one attached hydrogen (secondary N) is 2. The second kappa shape index (κ2) is 13.2. The summed E-state index contributed by atoms with van der Waals surface area (Å²) >= 11 is 0. The molecule has 7 rings (SSSR count). The highest BCUT2D eigenvalue weighted by Gasteiger charge is 2.39.